The quantitative estimate of drug-likeness (QED) is 0.781. The molecule has 1 aliphatic rings. The minimum Gasteiger partial charge on any atom is -0.296 e. The highest BCUT2D eigenvalue weighted by Crippen LogP contribution is 2.23. The van der Waals surface area contributed by atoms with E-state index in [9.17, 15) is 8.42 Å². The maximum Gasteiger partial charge on any atom is 0.243 e. The minimum absolute atomic E-state index is 0.394. The first-order valence-corrected chi connectivity index (χ1v) is 10.7. The van der Waals surface area contributed by atoms with Crippen molar-refractivity contribution in [3.05, 3.63) is 59.9 Å². The van der Waals surface area contributed by atoms with E-state index in [1.807, 2.05) is 24.4 Å². The van der Waals surface area contributed by atoms with Crippen molar-refractivity contribution in [2.24, 2.45) is 0 Å². The predicted molar refractivity (Wildman–Crippen MR) is 103 cm³/mol. The van der Waals surface area contributed by atoms with Crippen LogP contribution < -0.4 is 0 Å². The molecule has 2 heterocycles. The Morgan fingerprint density at radius 1 is 1.08 bits per heavy atom. The molecule has 0 saturated carbocycles. The first-order valence-electron chi connectivity index (χ1n) is 9.22. The van der Waals surface area contributed by atoms with E-state index < -0.39 is 10.0 Å². The molecule has 0 bridgehead atoms. The van der Waals surface area contributed by atoms with Gasteiger partial charge in [0.15, 0.2) is 0 Å². The molecule has 140 valence electrons. The lowest BCUT2D eigenvalue weighted by Crippen LogP contribution is -2.48. The molecule has 6 heteroatoms. The molecular weight excluding hydrogens is 346 g/mol. The monoisotopic (exact) mass is 373 g/mol. The molecule has 0 amide bonds. The van der Waals surface area contributed by atoms with Gasteiger partial charge in [-0.25, -0.2) is 8.42 Å². The molecule has 1 aromatic heterocycles. The predicted octanol–water partition coefficient (Wildman–Crippen LogP) is 3.10. The summed E-state index contributed by atoms with van der Waals surface area (Å²) in [6.45, 7) is 7.63. The number of hydrogen-bond acceptors (Lipinski definition) is 4. The van der Waals surface area contributed by atoms with E-state index in [-0.39, 0.29) is 0 Å². The molecule has 5 nitrogen and oxygen atoms in total. The van der Waals surface area contributed by atoms with Gasteiger partial charge in [-0.2, -0.15) is 4.31 Å². The normalized spacial score (nSPS) is 17.9. The number of sulfonamides is 1. The number of rotatable bonds is 6. The molecule has 0 aliphatic carbocycles. The fourth-order valence-corrected chi connectivity index (χ4v) is 4.65. The molecule has 3 rings (SSSR count). The number of pyridine rings is 1. The van der Waals surface area contributed by atoms with Crippen LogP contribution in [0.2, 0.25) is 0 Å². The average Bonchev–Trinajstić information content (AvgIpc) is 2.68. The minimum atomic E-state index is -3.41. The van der Waals surface area contributed by atoms with Crippen LogP contribution in [0, 0.1) is 0 Å². The third kappa shape index (κ3) is 4.31. The largest absolute Gasteiger partial charge is 0.296 e. The zero-order valence-corrected chi connectivity index (χ0v) is 16.3. The van der Waals surface area contributed by atoms with Crippen LogP contribution in [0.25, 0.3) is 0 Å². The Balaban J connectivity index is 1.62. The molecule has 2 aromatic rings. The van der Waals surface area contributed by atoms with E-state index in [0.717, 1.165) is 31.6 Å². The summed E-state index contributed by atoms with van der Waals surface area (Å²) in [4.78, 5) is 6.80. The topological polar surface area (TPSA) is 53.5 Å². The molecular formula is C20H27N3O2S. The summed E-state index contributed by atoms with van der Waals surface area (Å²) in [5, 5.41) is 0. The van der Waals surface area contributed by atoms with Gasteiger partial charge in [0.1, 0.15) is 0 Å². The molecule has 1 aliphatic heterocycles. The van der Waals surface area contributed by atoms with Gasteiger partial charge < -0.3 is 0 Å². The van der Waals surface area contributed by atoms with Crippen LogP contribution in [-0.2, 0) is 16.6 Å². The Morgan fingerprint density at radius 2 is 1.77 bits per heavy atom. The Labute approximate surface area is 156 Å². The van der Waals surface area contributed by atoms with Crippen LogP contribution in [0.3, 0.4) is 0 Å². The van der Waals surface area contributed by atoms with Gasteiger partial charge in [-0.3, -0.25) is 9.88 Å². The van der Waals surface area contributed by atoms with Crippen LogP contribution in [0.1, 0.15) is 37.3 Å². The van der Waals surface area contributed by atoms with Gasteiger partial charge in [-0.15, -0.1) is 0 Å². The van der Waals surface area contributed by atoms with E-state index in [0.29, 0.717) is 23.9 Å². The highest BCUT2D eigenvalue weighted by atomic mass is 32.2. The molecule has 1 atom stereocenters. The van der Waals surface area contributed by atoms with E-state index in [2.05, 4.69) is 29.8 Å². The second-order valence-electron chi connectivity index (χ2n) is 6.92. The summed E-state index contributed by atoms with van der Waals surface area (Å²) in [5.41, 5.74) is 2.34. The second kappa shape index (κ2) is 8.29. The van der Waals surface area contributed by atoms with Gasteiger partial charge >= 0.3 is 0 Å². The second-order valence-corrected chi connectivity index (χ2v) is 8.86. The lowest BCUT2D eigenvalue weighted by atomic mass is 9.99. The van der Waals surface area contributed by atoms with E-state index in [1.165, 1.54) is 5.56 Å². The Bertz CT molecular complexity index is 799. The van der Waals surface area contributed by atoms with Crippen molar-refractivity contribution in [1.82, 2.24) is 14.2 Å². The first kappa shape index (κ1) is 19.0. The summed E-state index contributed by atoms with van der Waals surface area (Å²) in [6, 6.07) is 11.4. The van der Waals surface area contributed by atoms with Crippen LogP contribution in [0.15, 0.2) is 53.7 Å². The highest BCUT2D eigenvalue weighted by Gasteiger charge is 2.28. The van der Waals surface area contributed by atoms with E-state index in [1.54, 1.807) is 22.6 Å². The van der Waals surface area contributed by atoms with Crippen molar-refractivity contribution in [2.75, 3.05) is 26.2 Å². The van der Waals surface area contributed by atoms with Crippen molar-refractivity contribution >= 4 is 10.0 Å². The van der Waals surface area contributed by atoms with Gasteiger partial charge in [0.05, 0.1) is 4.90 Å². The fraction of sp³-hybridized carbons (Fsp3) is 0.450. The van der Waals surface area contributed by atoms with Crippen LogP contribution >= 0.6 is 0 Å². The molecule has 1 aromatic carbocycles. The van der Waals surface area contributed by atoms with Gasteiger partial charge in [0.25, 0.3) is 0 Å². The van der Waals surface area contributed by atoms with Crippen LogP contribution in [0.4, 0.5) is 0 Å². The molecule has 0 N–H and O–H groups in total. The first-order chi connectivity index (χ1) is 12.5. The zero-order valence-electron chi connectivity index (χ0n) is 15.5. The standard InChI is InChI=1S/C20H27N3O2S/c1-3-17(2)19-6-8-20(9-7-19)26(24,25)23-13-11-22(12-14-23)16-18-5-4-10-21-15-18/h4-10,15,17H,3,11-14,16H2,1-2H3. The zero-order chi connectivity index (χ0) is 18.6. The van der Waals surface area contributed by atoms with Gasteiger partial charge in [0, 0.05) is 45.1 Å². The summed E-state index contributed by atoms with van der Waals surface area (Å²) < 4.78 is 27.4. The lowest BCUT2D eigenvalue weighted by Gasteiger charge is -2.34. The summed E-state index contributed by atoms with van der Waals surface area (Å²) in [6.07, 6.45) is 4.67. The van der Waals surface area contributed by atoms with E-state index in [4.69, 9.17) is 0 Å². The molecule has 0 radical (unpaired) electrons. The summed E-state index contributed by atoms with van der Waals surface area (Å²) in [7, 11) is -3.41. The molecule has 1 fully saturated rings. The molecule has 1 saturated heterocycles. The summed E-state index contributed by atoms with van der Waals surface area (Å²) in [5.74, 6) is 0.447. The molecule has 0 spiro atoms. The van der Waals surface area contributed by atoms with Crippen molar-refractivity contribution < 1.29 is 8.42 Å². The van der Waals surface area contributed by atoms with Crippen LogP contribution in [0.5, 0.6) is 0 Å². The maximum atomic E-state index is 12.9. The van der Waals surface area contributed by atoms with E-state index >= 15 is 0 Å². The van der Waals surface area contributed by atoms with Crippen LogP contribution in [-0.4, -0.2) is 48.8 Å². The number of benzene rings is 1. The Hall–Kier alpha value is -1.76. The smallest absolute Gasteiger partial charge is 0.243 e. The molecule has 1 unspecified atom stereocenters. The van der Waals surface area contributed by atoms with Crippen molar-refractivity contribution in [1.29, 1.82) is 0 Å². The lowest BCUT2D eigenvalue weighted by molar-refractivity contribution is 0.181. The fourth-order valence-electron chi connectivity index (χ4n) is 3.23. The SMILES string of the molecule is CCC(C)c1ccc(S(=O)(=O)N2CCN(Cc3cccnc3)CC2)cc1. The number of aromatic nitrogens is 1. The average molecular weight is 374 g/mol. The number of nitrogens with zero attached hydrogens (tertiary/aromatic N) is 3. The highest BCUT2D eigenvalue weighted by molar-refractivity contribution is 7.89. The van der Waals surface area contributed by atoms with Gasteiger partial charge in [-0.1, -0.05) is 32.0 Å². The third-order valence-electron chi connectivity index (χ3n) is 5.16. The Kier molecular flexibility index (Phi) is 6.06. The summed E-state index contributed by atoms with van der Waals surface area (Å²) >= 11 is 0. The number of hydrogen-bond donors (Lipinski definition) is 0. The maximum absolute atomic E-state index is 12.9. The number of piperazine rings is 1. The third-order valence-corrected chi connectivity index (χ3v) is 7.07. The Morgan fingerprint density at radius 3 is 2.35 bits per heavy atom. The molecule has 26 heavy (non-hydrogen) atoms. The van der Waals surface area contributed by atoms with Gasteiger partial charge in [0.2, 0.25) is 10.0 Å². The van der Waals surface area contributed by atoms with Gasteiger partial charge in [-0.05, 0) is 41.7 Å². The van der Waals surface area contributed by atoms with Crippen molar-refractivity contribution in [3.8, 4) is 0 Å². The van der Waals surface area contributed by atoms with Crippen molar-refractivity contribution in [2.45, 2.75) is 37.6 Å². The van der Waals surface area contributed by atoms with Crippen molar-refractivity contribution in [3.63, 3.8) is 0 Å².